The Morgan fingerprint density at radius 3 is 2.36 bits per heavy atom. The summed E-state index contributed by atoms with van der Waals surface area (Å²) in [7, 11) is 0. The zero-order valence-electron chi connectivity index (χ0n) is 13.2. The number of anilines is 1. The van der Waals surface area contributed by atoms with Crippen LogP contribution in [0.2, 0.25) is 0 Å². The van der Waals surface area contributed by atoms with E-state index in [0.717, 1.165) is 19.5 Å². The van der Waals surface area contributed by atoms with Crippen molar-refractivity contribution in [2.45, 2.75) is 20.3 Å². The predicted molar refractivity (Wildman–Crippen MR) is 85.9 cm³/mol. The van der Waals surface area contributed by atoms with E-state index in [-0.39, 0.29) is 24.2 Å². The third kappa shape index (κ3) is 4.15. The first-order valence-corrected chi connectivity index (χ1v) is 7.77. The first kappa shape index (κ1) is 16.6. The number of aliphatic hydroxyl groups excluding tert-OH is 1. The summed E-state index contributed by atoms with van der Waals surface area (Å²) in [6.45, 7) is 5.80. The fraction of sp³-hybridized carbons (Fsp3) is 0.529. The molecular formula is C17H24N2O3. The highest BCUT2D eigenvalue weighted by Crippen LogP contribution is 2.25. The number of amides is 1. The van der Waals surface area contributed by atoms with Gasteiger partial charge in [-0.15, -0.1) is 0 Å². The third-order valence-corrected chi connectivity index (χ3v) is 4.31. The molecule has 0 bridgehead atoms. The van der Waals surface area contributed by atoms with Gasteiger partial charge < -0.3 is 10.4 Å². The maximum atomic E-state index is 12.3. The minimum absolute atomic E-state index is 0.0721. The van der Waals surface area contributed by atoms with Crippen molar-refractivity contribution in [2.75, 3.05) is 31.6 Å². The molecule has 0 aliphatic carbocycles. The predicted octanol–water partition coefficient (Wildman–Crippen LogP) is 1.78. The van der Waals surface area contributed by atoms with Crippen molar-refractivity contribution in [1.82, 2.24) is 4.90 Å². The molecule has 2 rings (SSSR count). The largest absolute Gasteiger partial charge is 0.396 e. The van der Waals surface area contributed by atoms with Gasteiger partial charge in [0.25, 0.3) is 0 Å². The summed E-state index contributed by atoms with van der Waals surface area (Å²) in [5, 5.41) is 12.1. The third-order valence-electron chi connectivity index (χ3n) is 4.31. The molecule has 22 heavy (non-hydrogen) atoms. The molecule has 2 N–H and O–H groups in total. The molecule has 1 aliphatic rings. The molecule has 1 saturated heterocycles. The fourth-order valence-corrected chi connectivity index (χ4v) is 3.07. The molecule has 0 aromatic heterocycles. The van der Waals surface area contributed by atoms with Crippen molar-refractivity contribution in [1.29, 1.82) is 0 Å². The van der Waals surface area contributed by atoms with Crippen LogP contribution in [0, 0.1) is 11.8 Å². The van der Waals surface area contributed by atoms with Crippen LogP contribution in [-0.4, -0.2) is 47.9 Å². The zero-order valence-corrected chi connectivity index (χ0v) is 13.2. The second-order valence-electron chi connectivity index (χ2n) is 5.99. The van der Waals surface area contributed by atoms with E-state index in [1.807, 2.05) is 0 Å². The lowest BCUT2D eigenvalue weighted by Crippen LogP contribution is -2.28. The van der Waals surface area contributed by atoms with Crippen molar-refractivity contribution < 1.29 is 14.7 Å². The summed E-state index contributed by atoms with van der Waals surface area (Å²) in [6, 6.07) is 6.96. The van der Waals surface area contributed by atoms with Gasteiger partial charge in [-0.25, -0.2) is 0 Å². The van der Waals surface area contributed by atoms with E-state index in [4.69, 9.17) is 0 Å². The molecule has 1 heterocycles. The Hall–Kier alpha value is -1.72. The molecule has 0 saturated carbocycles. The summed E-state index contributed by atoms with van der Waals surface area (Å²) in [6.07, 6.45) is 1.03. The Morgan fingerprint density at radius 2 is 1.86 bits per heavy atom. The van der Waals surface area contributed by atoms with Crippen LogP contribution in [0.3, 0.4) is 0 Å². The zero-order chi connectivity index (χ0) is 16.1. The molecule has 1 aliphatic heterocycles. The van der Waals surface area contributed by atoms with E-state index >= 15 is 0 Å². The number of carbonyl (C=O) groups excluding carboxylic acids is 2. The lowest BCUT2D eigenvalue weighted by atomic mass is 9.95. The number of carbonyl (C=O) groups is 2. The van der Waals surface area contributed by atoms with Gasteiger partial charge >= 0.3 is 0 Å². The SMILES string of the molecule is CC[C@@H]1CN(CC(=O)c2ccc(NC(C)=O)cc2)C[C@@H]1CO. The smallest absolute Gasteiger partial charge is 0.221 e. The van der Waals surface area contributed by atoms with Crippen LogP contribution >= 0.6 is 0 Å². The highest BCUT2D eigenvalue weighted by atomic mass is 16.3. The minimum Gasteiger partial charge on any atom is -0.396 e. The average molecular weight is 304 g/mol. The molecule has 0 spiro atoms. The van der Waals surface area contributed by atoms with E-state index in [2.05, 4.69) is 17.1 Å². The normalized spacial score (nSPS) is 21.8. The molecular weight excluding hydrogens is 280 g/mol. The van der Waals surface area contributed by atoms with E-state index in [9.17, 15) is 14.7 Å². The molecule has 0 unspecified atom stereocenters. The van der Waals surface area contributed by atoms with Crippen LogP contribution in [-0.2, 0) is 4.79 Å². The molecule has 1 fully saturated rings. The van der Waals surface area contributed by atoms with Crippen LogP contribution in [0.5, 0.6) is 0 Å². The lowest BCUT2D eigenvalue weighted by molar-refractivity contribution is -0.114. The number of hydrogen-bond acceptors (Lipinski definition) is 4. The highest BCUT2D eigenvalue weighted by Gasteiger charge is 2.31. The molecule has 120 valence electrons. The van der Waals surface area contributed by atoms with E-state index in [1.54, 1.807) is 24.3 Å². The molecule has 2 atom stereocenters. The van der Waals surface area contributed by atoms with Crippen molar-refractivity contribution in [3.8, 4) is 0 Å². The van der Waals surface area contributed by atoms with Crippen LogP contribution in [0.25, 0.3) is 0 Å². The van der Waals surface area contributed by atoms with Gasteiger partial charge in [-0.2, -0.15) is 0 Å². The number of benzene rings is 1. The van der Waals surface area contributed by atoms with Gasteiger partial charge in [0.05, 0.1) is 6.54 Å². The molecule has 1 aromatic rings. The van der Waals surface area contributed by atoms with E-state index in [0.29, 0.717) is 23.7 Å². The number of likely N-dealkylation sites (tertiary alicyclic amines) is 1. The van der Waals surface area contributed by atoms with Crippen LogP contribution in [0.1, 0.15) is 30.6 Å². The average Bonchev–Trinajstić information content (AvgIpc) is 2.89. The van der Waals surface area contributed by atoms with Gasteiger partial charge in [-0.3, -0.25) is 14.5 Å². The van der Waals surface area contributed by atoms with Gasteiger partial charge in [0.2, 0.25) is 5.91 Å². The Kier molecular flexibility index (Phi) is 5.69. The second kappa shape index (κ2) is 7.51. The first-order chi connectivity index (χ1) is 10.5. The standard InChI is InChI=1S/C17H24N2O3/c1-3-13-8-19(9-15(13)11-20)10-17(22)14-4-6-16(7-5-14)18-12(2)21/h4-7,13,15,20H,3,8-11H2,1-2H3,(H,18,21)/t13-,15-/m1/s1. The number of nitrogens with zero attached hydrogens (tertiary/aromatic N) is 1. The number of nitrogens with one attached hydrogen (secondary N) is 1. The summed E-state index contributed by atoms with van der Waals surface area (Å²) in [4.78, 5) is 25.4. The summed E-state index contributed by atoms with van der Waals surface area (Å²) >= 11 is 0. The van der Waals surface area contributed by atoms with Gasteiger partial charge in [0, 0.05) is 37.9 Å². The van der Waals surface area contributed by atoms with Crippen LogP contribution < -0.4 is 5.32 Å². The summed E-state index contributed by atoms with van der Waals surface area (Å²) < 4.78 is 0. The van der Waals surface area contributed by atoms with Crippen molar-refractivity contribution in [3.63, 3.8) is 0 Å². The number of rotatable bonds is 6. The van der Waals surface area contributed by atoms with Gasteiger partial charge in [-0.1, -0.05) is 13.3 Å². The fourth-order valence-electron chi connectivity index (χ4n) is 3.07. The Bertz CT molecular complexity index is 515. The van der Waals surface area contributed by atoms with Crippen LogP contribution in [0.15, 0.2) is 24.3 Å². The minimum atomic E-state index is -0.128. The Morgan fingerprint density at radius 1 is 1.23 bits per heavy atom. The summed E-state index contributed by atoms with van der Waals surface area (Å²) in [5.74, 6) is 0.694. The molecule has 5 heteroatoms. The van der Waals surface area contributed by atoms with Gasteiger partial charge in [0.1, 0.15) is 0 Å². The number of hydrogen-bond donors (Lipinski definition) is 2. The van der Waals surface area contributed by atoms with Crippen LogP contribution in [0.4, 0.5) is 5.69 Å². The van der Waals surface area contributed by atoms with E-state index < -0.39 is 0 Å². The van der Waals surface area contributed by atoms with Gasteiger partial charge in [-0.05, 0) is 36.1 Å². The molecule has 1 aromatic carbocycles. The highest BCUT2D eigenvalue weighted by molar-refractivity contribution is 5.98. The van der Waals surface area contributed by atoms with Gasteiger partial charge in [0.15, 0.2) is 5.78 Å². The number of ketones is 1. The Balaban J connectivity index is 1.93. The lowest BCUT2D eigenvalue weighted by Gasteiger charge is -2.14. The number of Topliss-reactive ketones (excluding diaryl/α,β-unsaturated/α-hetero) is 1. The monoisotopic (exact) mass is 304 g/mol. The molecule has 5 nitrogen and oxygen atoms in total. The van der Waals surface area contributed by atoms with Crippen molar-refractivity contribution in [2.24, 2.45) is 11.8 Å². The topological polar surface area (TPSA) is 69.6 Å². The summed E-state index contributed by atoms with van der Waals surface area (Å²) in [5.41, 5.74) is 1.34. The van der Waals surface area contributed by atoms with Crippen molar-refractivity contribution in [3.05, 3.63) is 29.8 Å². The molecule has 1 amide bonds. The second-order valence-corrected chi connectivity index (χ2v) is 5.99. The maximum Gasteiger partial charge on any atom is 0.221 e. The van der Waals surface area contributed by atoms with Crippen molar-refractivity contribution >= 4 is 17.4 Å². The molecule has 0 radical (unpaired) electrons. The van der Waals surface area contributed by atoms with E-state index in [1.165, 1.54) is 6.92 Å². The quantitative estimate of drug-likeness (QED) is 0.786. The first-order valence-electron chi connectivity index (χ1n) is 7.77. The number of aliphatic hydroxyl groups is 1. The maximum absolute atomic E-state index is 12.3. The Labute approximate surface area is 131 Å².